The van der Waals surface area contributed by atoms with Gasteiger partial charge in [-0.3, -0.25) is 4.79 Å². The predicted octanol–water partition coefficient (Wildman–Crippen LogP) is 6.96. The van der Waals surface area contributed by atoms with Gasteiger partial charge in [-0.15, -0.1) is 0 Å². The van der Waals surface area contributed by atoms with E-state index in [-0.39, 0.29) is 17.8 Å². The van der Waals surface area contributed by atoms with Gasteiger partial charge in [0, 0.05) is 6.08 Å². The minimum absolute atomic E-state index is 0.216. The SMILES string of the molecule is COc1ccc(OC)c(C(=O)COC(=O)C=C(C)C=CC=C(C)C=CC2=C(C)CCCC2(C)C)c1. The Kier molecular flexibility index (Phi) is 10.3. The van der Waals surface area contributed by atoms with Crippen LogP contribution in [0.1, 0.15) is 64.2 Å². The van der Waals surface area contributed by atoms with Gasteiger partial charge in [-0.05, 0) is 74.8 Å². The van der Waals surface area contributed by atoms with Crippen molar-refractivity contribution in [1.82, 2.24) is 0 Å². The van der Waals surface area contributed by atoms with E-state index in [0.717, 1.165) is 11.1 Å². The Morgan fingerprint density at radius 3 is 2.46 bits per heavy atom. The van der Waals surface area contributed by atoms with E-state index >= 15 is 0 Å². The van der Waals surface area contributed by atoms with Gasteiger partial charge in [0.05, 0.1) is 19.8 Å². The van der Waals surface area contributed by atoms with Crippen LogP contribution in [-0.4, -0.2) is 32.6 Å². The first-order valence-corrected chi connectivity index (χ1v) is 11.9. The van der Waals surface area contributed by atoms with Gasteiger partial charge in [-0.25, -0.2) is 4.79 Å². The van der Waals surface area contributed by atoms with Crippen molar-refractivity contribution in [2.24, 2.45) is 5.41 Å². The zero-order valence-electron chi connectivity index (χ0n) is 22.1. The third-order valence-electron chi connectivity index (χ3n) is 6.17. The van der Waals surface area contributed by atoms with Crippen LogP contribution < -0.4 is 9.47 Å². The maximum atomic E-state index is 12.5. The molecular weight excluding hydrogens is 440 g/mol. The molecule has 0 saturated carbocycles. The third-order valence-corrected chi connectivity index (χ3v) is 6.17. The summed E-state index contributed by atoms with van der Waals surface area (Å²) in [5.41, 5.74) is 5.27. The van der Waals surface area contributed by atoms with Crippen LogP contribution in [0, 0.1) is 5.41 Å². The number of esters is 1. The molecule has 35 heavy (non-hydrogen) atoms. The molecular formula is C30H38O5. The number of hydrogen-bond acceptors (Lipinski definition) is 5. The highest BCUT2D eigenvalue weighted by Gasteiger charge is 2.26. The summed E-state index contributed by atoms with van der Waals surface area (Å²) in [5, 5.41) is 0. The Hall–Kier alpha value is -3.34. The lowest BCUT2D eigenvalue weighted by Gasteiger charge is -2.32. The second-order valence-corrected chi connectivity index (χ2v) is 9.52. The van der Waals surface area contributed by atoms with Crippen LogP contribution in [0.2, 0.25) is 0 Å². The van der Waals surface area contributed by atoms with Crippen LogP contribution in [0.15, 0.2) is 76.9 Å². The lowest BCUT2D eigenvalue weighted by molar-refractivity contribution is -0.136. The fourth-order valence-electron chi connectivity index (χ4n) is 4.15. The minimum atomic E-state index is -0.579. The second kappa shape index (κ2) is 12.9. The summed E-state index contributed by atoms with van der Waals surface area (Å²) < 4.78 is 15.5. The Balaban J connectivity index is 1.94. The van der Waals surface area contributed by atoms with Crippen molar-refractivity contribution in [1.29, 1.82) is 0 Å². The molecule has 0 aromatic heterocycles. The van der Waals surface area contributed by atoms with Gasteiger partial charge in [0.25, 0.3) is 0 Å². The highest BCUT2D eigenvalue weighted by atomic mass is 16.5. The maximum Gasteiger partial charge on any atom is 0.331 e. The van der Waals surface area contributed by atoms with E-state index in [0.29, 0.717) is 17.1 Å². The van der Waals surface area contributed by atoms with Gasteiger partial charge in [-0.1, -0.05) is 55.4 Å². The number of rotatable bonds is 10. The molecule has 0 bridgehead atoms. The number of allylic oxidation sites excluding steroid dienone is 9. The summed E-state index contributed by atoms with van der Waals surface area (Å²) in [7, 11) is 2.99. The first kappa shape index (κ1) is 27.9. The van der Waals surface area contributed by atoms with Crippen LogP contribution in [0.4, 0.5) is 0 Å². The van der Waals surface area contributed by atoms with Crippen molar-refractivity contribution >= 4 is 11.8 Å². The van der Waals surface area contributed by atoms with Crippen molar-refractivity contribution in [3.63, 3.8) is 0 Å². The fourth-order valence-corrected chi connectivity index (χ4v) is 4.15. The lowest BCUT2D eigenvalue weighted by atomic mass is 9.72. The molecule has 5 heteroatoms. The van der Waals surface area contributed by atoms with Gasteiger partial charge in [-0.2, -0.15) is 0 Å². The number of ether oxygens (including phenoxy) is 3. The Labute approximate surface area is 209 Å². The average molecular weight is 479 g/mol. The molecule has 0 amide bonds. The average Bonchev–Trinajstić information content (AvgIpc) is 2.81. The van der Waals surface area contributed by atoms with E-state index in [4.69, 9.17) is 14.2 Å². The summed E-state index contributed by atoms with van der Waals surface area (Å²) in [4.78, 5) is 24.7. The lowest BCUT2D eigenvalue weighted by Crippen LogP contribution is -2.19. The highest BCUT2D eigenvalue weighted by Crippen LogP contribution is 2.40. The third kappa shape index (κ3) is 8.43. The van der Waals surface area contributed by atoms with Crippen molar-refractivity contribution in [2.75, 3.05) is 20.8 Å². The zero-order chi connectivity index (χ0) is 26.0. The Morgan fingerprint density at radius 2 is 1.80 bits per heavy atom. The number of methoxy groups -OCH3 is 2. The van der Waals surface area contributed by atoms with Gasteiger partial charge in [0.2, 0.25) is 5.78 Å². The molecule has 5 nitrogen and oxygen atoms in total. The molecule has 0 unspecified atom stereocenters. The molecule has 0 heterocycles. The van der Waals surface area contributed by atoms with Crippen molar-refractivity contribution in [2.45, 2.75) is 53.9 Å². The molecule has 0 spiro atoms. The van der Waals surface area contributed by atoms with Gasteiger partial charge in [0.15, 0.2) is 6.61 Å². The first-order chi connectivity index (χ1) is 16.6. The minimum Gasteiger partial charge on any atom is -0.497 e. The molecule has 0 atom stereocenters. The molecule has 188 valence electrons. The topological polar surface area (TPSA) is 61.8 Å². The molecule has 0 radical (unpaired) electrons. The summed E-state index contributed by atoms with van der Waals surface area (Å²) >= 11 is 0. The zero-order valence-corrected chi connectivity index (χ0v) is 22.1. The van der Waals surface area contributed by atoms with Crippen molar-refractivity contribution in [3.8, 4) is 11.5 Å². The van der Waals surface area contributed by atoms with Crippen molar-refractivity contribution < 1.29 is 23.8 Å². The Bertz CT molecular complexity index is 1080. The molecule has 1 aromatic carbocycles. The summed E-state index contributed by atoms with van der Waals surface area (Å²) in [5.74, 6) is -0.0255. The largest absolute Gasteiger partial charge is 0.497 e. The normalized spacial score (nSPS) is 16.7. The number of hydrogen-bond donors (Lipinski definition) is 0. The molecule has 2 rings (SSSR count). The molecule has 0 N–H and O–H groups in total. The van der Waals surface area contributed by atoms with E-state index in [1.54, 1.807) is 18.2 Å². The van der Waals surface area contributed by atoms with Crippen molar-refractivity contribution in [3.05, 3.63) is 82.5 Å². The number of carbonyl (C=O) groups is 2. The Morgan fingerprint density at radius 1 is 1.06 bits per heavy atom. The predicted molar refractivity (Wildman–Crippen MR) is 141 cm³/mol. The van der Waals surface area contributed by atoms with Gasteiger partial charge >= 0.3 is 5.97 Å². The first-order valence-electron chi connectivity index (χ1n) is 11.9. The molecule has 1 aliphatic carbocycles. The summed E-state index contributed by atoms with van der Waals surface area (Å²) in [6, 6.07) is 4.90. The fraction of sp³-hybridized carbons (Fsp3) is 0.400. The maximum absolute atomic E-state index is 12.5. The van der Waals surface area contributed by atoms with E-state index in [1.807, 2.05) is 25.2 Å². The quantitative estimate of drug-likeness (QED) is 0.157. The van der Waals surface area contributed by atoms with Crippen LogP contribution >= 0.6 is 0 Å². The van der Waals surface area contributed by atoms with E-state index in [9.17, 15) is 9.59 Å². The highest BCUT2D eigenvalue weighted by molar-refractivity contribution is 6.01. The summed E-state index contributed by atoms with van der Waals surface area (Å²) in [6.45, 7) is 10.3. The van der Waals surface area contributed by atoms with Crippen LogP contribution in [0.3, 0.4) is 0 Å². The molecule has 0 aliphatic heterocycles. The van der Waals surface area contributed by atoms with Gasteiger partial charge < -0.3 is 14.2 Å². The van der Waals surface area contributed by atoms with E-state index in [1.165, 1.54) is 50.7 Å². The molecule has 1 aromatic rings. The molecule has 0 saturated heterocycles. The number of benzene rings is 1. The smallest absolute Gasteiger partial charge is 0.331 e. The number of carbonyl (C=O) groups excluding carboxylic acids is 2. The molecule has 1 aliphatic rings. The van der Waals surface area contributed by atoms with Crippen LogP contribution in [0.5, 0.6) is 11.5 Å². The monoisotopic (exact) mass is 478 g/mol. The summed E-state index contributed by atoms with van der Waals surface area (Å²) in [6.07, 6.45) is 15.1. The second-order valence-electron chi connectivity index (χ2n) is 9.52. The number of ketones is 1. The standard InChI is InChI=1S/C30H38O5/c1-21(13-15-26-23(3)12-9-17-30(26,4)5)10-8-11-22(2)18-29(32)35-20-27(31)25-19-24(33-6)14-16-28(25)34-7/h8,10-11,13-16,18-19H,9,12,17,20H2,1-7H3. The number of Topliss-reactive ketones (excluding diaryl/α,β-unsaturated/α-hetero) is 1. The van der Waals surface area contributed by atoms with Gasteiger partial charge in [0.1, 0.15) is 11.5 Å². The van der Waals surface area contributed by atoms with Crippen LogP contribution in [0.25, 0.3) is 0 Å². The van der Waals surface area contributed by atoms with Crippen LogP contribution in [-0.2, 0) is 9.53 Å². The molecule has 0 fully saturated rings. The van der Waals surface area contributed by atoms with E-state index < -0.39 is 5.97 Å². The van der Waals surface area contributed by atoms with E-state index in [2.05, 4.69) is 39.8 Å².